The number of aliphatic carboxylic acids is 1. The molecule has 1 saturated carbocycles. The lowest BCUT2D eigenvalue weighted by atomic mass is 9.79. The van der Waals surface area contributed by atoms with E-state index in [9.17, 15) is 9.90 Å². The van der Waals surface area contributed by atoms with E-state index in [0.717, 1.165) is 38.8 Å². The number of likely N-dealkylation sites (N-methyl/N-ethyl adjacent to an activating group) is 1. The molecule has 2 fully saturated rings. The van der Waals surface area contributed by atoms with Crippen molar-refractivity contribution in [2.75, 3.05) is 20.2 Å². The standard InChI is InChI=1S/C13H24N2O3/c1-15(9-11-5-3-7-18-11)10-4-2-6-13(14,8-10)12(16)17/h10-11H,2-9,14H2,1H3,(H,16,17). The van der Waals surface area contributed by atoms with Gasteiger partial charge in [0.05, 0.1) is 6.10 Å². The van der Waals surface area contributed by atoms with Crippen LogP contribution >= 0.6 is 0 Å². The van der Waals surface area contributed by atoms with Crippen molar-refractivity contribution in [2.24, 2.45) is 5.73 Å². The summed E-state index contributed by atoms with van der Waals surface area (Å²) in [6, 6.07) is 0.268. The fourth-order valence-electron chi connectivity index (χ4n) is 3.11. The maximum Gasteiger partial charge on any atom is 0.323 e. The van der Waals surface area contributed by atoms with Crippen LogP contribution in [0, 0.1) is 0 Å². The number of rotatable bonds is 4. The average molecular weight is 256 g/mol. The summed E-state index contributed by atoms with van der Waals surface area (Å²) in [7, 11) is 2.06. The van der Waals surface area contributed by atoms with Crippen LogP contribution < -0.4 is 5.73 Å². The Labute approximate surface area is 108 Å². The van der Waals surface area contributed by atoms with Gasteiger partial charge in [0.15, 0.2) is 0 Å². The molecule has 1 heterocycles. The van der Waals surface area contributed by atoms with Crippen LogP contribution in [0.2, 0.25) is 0 Å². The highest BCUT2D eigenvalue weighted by molar-refractivity contribution is 5.78. The van der Waals surface area contributed by atoms with Crippen molar-refractivity contribution in [3.05, 3.63) is 0 Å². The first-order valence-electron chi connectivity index (χ1n) is 6.85. The zero-order chi connectivity index (χ0) is 13.2. The van der Waals surface area contributed by atoms with Crippen molar-refractivity contribution < 1.29 is 14.6 Å². The number of carboxylic acid groups (broad SMARTS) is 1. The first-order chi connectivity index (χ1) is 8.51. The average Bonchev–Trinajstić information content (AvgIpc) is 2.81. The molecule has 0 amide bonds. The van der Waals surface area contributed by atoms with E-state index in [4.69, 9.17) is 10.5 Å². The number of carbonyl (C=O) groups is 1. The summed E-state index contributed by atoms with van der Waals surface area (Å²) in [5.41, 5.74) is 4.95. The Balaban J connectivity index is 1.89. The Morgan fingerprint density at radius 2 is 2.28 bits per heavy atom. The van der Waals surface area contributed by atoms with Gasteiger partial charge in [-0.25, -0.2) is 0 Å². The molecule has 2 rings (SSSR count). The van der Waals surface area contributed by atoms with Crippen molar-refractivity contribution >= 4 is 5.97 Å². The first kappa shape index (κ1) is 13.8. The molecule has 0 radical (unpaired) electrons. The molecule has 5 heteroatoms. The number of nitrogens with two attached hydrogens (primary N) is 1. The van der Waals surface area contributed by atoms with Crippen LogP contribution in [0.25, 0.3) is 0 Å². The Bertz CT molecular complexity index is 305. The minimum atomic E-state index is -1.03. The van der Waals surface area contributed by atoms with E-state index < -0.39 is 11.5 Å². The summed E-state index contributed by atoms with van der Waals surface area (Å²) in [5, 5.41) is 9.21. The van der Waals surface area contributed by atoms with Crippen molar-refractivity contribution in [1.82, 2.24) is 4.90 Å². The van der Waals surface area contributed by atoms with Gasteiger partial charge in [-0.3, -0.25) is 4.79 Å². The molecular weight excluding hydrogens is 232 g/mol. The van der Waals surface area contributed by atoms with E-state index in [2.05, 4.69) is 11.9 Å². The number of hydrogen-bond acceptors (Lipinski definition) is 4. The van der Waals surface area contributed by atoms with Gasteiger partial charge in [-0.1, -0.05) is 0 Å². The Morgan fingerprint density at radius 3 is 2.89 bits per heavy atom. The van der Waals surface area contributed by atoms with Gasteiger partial charge < -0.3 is 20.5 Å². The second kappa shape index (κ2) is 5.55. The molecule has 1 aliphatic carbocycles. The van der Waals surface area contributed by atoms with Gasteiger partial charge in [-0.05, 0) is 45.6 Å². The highest BCUT2D eigenvalue weighted by Crippen LogP contribution is 2.30. The number of carboxylic acids is 1. The van der Waals surface area contributed by atoms with Crippen LogP contribution in [0.3, 0.4) is 0 Å². The Hall–Kier alpha value is -0.650. The van der Waals surface area contributed by atoms with Gasteiger partial charge in [0.1, 0.15) is 5.54 Å². The zero-order valence-electron chi connectivity index (χ0n) is 11.1. The second-order valence-electron chi connectivity index (χ2n) is 5.79. The van der Waals surface area contributed by atoms with Crippen LogP contribution in [-0.2, 0) is 9.53 Å². The molecule has 2 aliphatic rings. The maximum absolute atomic E-state index is 11.2. The SMILES string of the molecule is CN(CC1CCCO1)C1CCCC(N)(C(=O)O)C1. The summed E-state index contributed by atoms with van der Waals surface area (Å²) in [6.45, 7) is 1.75. The van der Waals surface area contributed by atoms with Crippen LogP contribution in [0.5, 0.6) is 0 Å². The molecule has 0 aromatic rings. The molecular formula is C13H24N2O3. The molecule has 0 spiro atoms. The van der Waals surface area contributed by atoms with E-state index >= 15 is 0 Å². The molecule has 3 N–H and O–H groups in total. The van der Waals surface area contributed by atoms with E-state index in [0.29, 0.717) is 18.9 Å². The van der Waals surface area contributed by atoms with Gasteiger partial charge in [0.2, 0.25) is 0 Å². The quantitative estimate of drug-likeness (QED) is 0.779. The number of hydrogen-bond donors (Lipinski definition) is 2. The lowest BCUT2D eigenvalue weighted by Gasteiger charge is -2.39. The second-order valence-corrected chi connectivity index (χ2v) is 5.79. The van der Waals surface area contributed by atoms with E-state index in [1.807, 2.05) is 0 Å². The predicted molar refractivity (Wildman–Crippen MR) is 68.4 cm³/mol. The summed E-state index contributed by atoms with van der Waals surface area (Å²) in [6.07, 6.45) is 5.63. The Kier molecular flexibility index (Phi) is 4.25. The van der Waals surface area contributed by atoms with Crippen LogP contribution in [-0.4, -0.2) is 53.9 Å². The van der Waals surface area contributed by atoms with Crippen LogP contribution in [0.15, 0.2) is 0 Å². The maximum atomic E-state index is 11.2. The predicted octanol–water partition coefficient (Wildman–Crippen LogP) is 0.822. The summed E-state index contributed by atoms with van der Waals surface area (Å²) in [5.74, 6) is -0.863. The van der Waals surface area contributed by atoms with Gasteiger partial charge in [-0.15, -0.1) is 0 Å². The third kappa shape index (κ3) is 3.02. The fraction of sp³-hybridized carbons (Fsp3) is 0.923. The molecule has 18 heavy (non-hydrogen) atoms. The monoisotopic (exact) mass is 256 g/mol. The lowest BCUT2D eigenvalue weighted by Crippen LogP contribution is -2.55. The van der Waals surface area contributed by atoms with Gasteiger partial charge in [0.25, 0.3) is 0 Å². The molecule has 0 aromatic carbocycles. The molecule has 104 valence electrons. The summed E-state index contributed by atoms with van der Waals surface area (Å²) >= 11 is 0. The molecule has 3 atom stereocenters. The highest BCUT2D eigenvalue weighted by Gasteiger charge is 2.40. The third-order valence-corrected chi connectivity index (χ3v) is 4.32. The topological polar surface area (TPSA) is 75.8 Å². The molecule has 0 bridgehead atoms. The molecule has 1 saturated heterocycles. The molecule has 3 unspecified atom stereocenters. The third-order valence-electron chi connectivity index (χ3n) is 4.32. The highest BCUT2D eigenvalue weighted by atomic mass is 16.5. The normalized spacial score (nSPS) is 37.1. The van der Waals surface area contributed by atoms with Crippen LogP contribution in [0.1, 0.15) is 38.5 Å². The van der Waals surface area contributed by atoms with Crippen molar-refractivity contribution in [3.63, 3.8) is 0 Å². The van der Waals surface area contributed by atoms with Gasteiger partial charge in [0, 0.05) is 19.2 Å². The number of ether oxygens (including phenoxy) is 1. The van der Waals surface area contributed by atoms with E-state index in [1.165, 1.54) is 0 Å². The smallest absolute Gasteiger partial charge is 0.323 e. The number of nitrogens with zero attached hydrogens (tertiary/aromatic N) is 1. The van der Waals surface area contributed by atoms with E-state index in [-0.39, 0.29) is 6.04 Å². The molecule has 1 aliphatic heterocycles. The first-order valence-corrected chi connectivity index (χ1v) is 6.85. The molecule has 0 aromatic heterocycles. The fourth-order valence-corrected chi connectivity index (χ4v) is 3.11. The zero-order valence-corrected chi connectivity index (χ0v) is 11.1. The largest absolute Gasteiger partial charge is 0.480 e. The van der Waals surface area contributed by atoms with Gasteiger partial charge in [-0.2, -0.15) is 0 Å². The van der Waals surface area contributed by atoms with Crippen molar-refractivity contribution in [1.29, 1.82) is 0 Å². The minimum Gasteiger partial charge on any atom is -0.480 e. The van der Waals surface area contributed by atoms with Crippen LogP contribution in [0.4, 0.5) is 0 Å². The minimum absolute atomic E-state index is 0.268. The Morgan fingerprint density at radius 1 is 1.50 bits per heavy atom. The lowest BCUT2D eigenvalue weighted by molar-refractivity contribution is -0.145. The van der Waals surface area contributed by atoms with Crippen molar-refractivity contribution in [2.45, 2.75) is 56.2 Å². The van der Waals surface area contributed by atoms with E-state index in [1.54, 1.807) is 0 Å². The van der Waals surface area contributed by atoms with Crippen molar-refractivity contribution in [3.8, 4) is 0 Å². The molecule has 5 nitrogen and oxygen atoms in total. The summed E-state index contributed by atoms with van der Waals surface area (Å²) < 4.78 is 5.62. The summed E-state index contributed by atoms with van der Waals surface area (Å²) in [4.78, 5) is 13.5. The van der Waals surface area contributed by atoms with Gasteiger partial charge >= 0.3 is 5.97 Å².